The molecule has 7 nitrogen and oxygen atoms in total. The van der Waals surface area contributed by atoms with Crippen LogP contribution in [0.3, 0.4) is 0 Å². The first kappa shape index (κ1) is 18.7. The molecule has 0 bridgehead atoms. The number of ether oxygens (including phenoxy) is 1. The van der Waals surface area contributed by atoms with Gasteiger partial charge in [0.1, 0.15) is 0 Å². The molecule has 3 heterocycles. The number of pyridine rings is 1. The van der Waals surface area contributed by atoms with Crippen LogP contribution < -0.4 is 14.5 Å². The summed E-state index contributed by atoms with van der Waals surface area (Å²) < 4.78 is 10.4. The second-order valence-corrected chi connectivity index (χ2v) is 6.92. The van der Waals surface area contributed by atoms with Gasteiger partial charge < -0.3 is 19.0 Å². The second kappa shape index (κ2) is 7.43. The van der Waals surface area contributed by atoms with E-state index in [1.165, 1.54) is 13.2 Å². The van der Waals surface area contributed by atoms with Crippen molar-refractivity contribution in [2.24, 2.45) is 0 Å². The average molecular weight is 391 g/mol. The highest BCUT2D eigenvalue weighted by Gasteiger charge is 2.34. The van der Waals surface area contributed by atoms with Gasteiger partial charge in [0.2, 0.25) is 11.8 Å². The molecular weight excluding hydrogens is 370 g/mol. The van der Waals surface area contributed by atoms with Gasteiger partial charge in [-0.1, -0.05) is 6.07 Å². The standard InChI is InChI=1S/C22H21N3O4/c1-14-13-24(22(27)20-5-4-10-29-20)19-11-16(6-8-18(19)25(14)15(2)26)17-7-9-21(28-3)23-12-17/h4-12,14H,13H2,1-3H3/t14-/m0/s1. The zero-order valence-corrected chi connectivity index (χ0v) is 16.5. The van der Waals surface area contributed by atoms with Gasteiger partial charge in [0.15, 0.2) is 5.76 Å². The molecule has 2 aromatic heterocycles. The van der Waals surface area contributed by atoms with Crippen LogP contribution in [0.5, 0.6) is 5.88 Å². The van der Waals surface area contributed by atoms with E-state index >= 15 is 0 Å². The lowest BCUT2D eigenvalue weighted by Crippen LogP contribution is -2.51. The Kier molecular flexibility index (Phi) is 4.80. The summed E-state index contributed by atoms with van der Waals surface area (Å²) in [4.78, 5) is 33.0. The summed E-state index contributed by atoms with van der Waals surface area (Å²) in [6, 6.07) is 12.5. The Morgan fingerprint density at radius 1 is 1.14 bits per heavy atom. The maximum absolute atomic E-state index is 13.1. The largest absolute Gasteiger partial charge is 0.481 e. The Hall–Kier alpha value is -3.61. The molecule has 1 aliphatic heterocycles. The van der Waals surface area contributed by atoms with Gasteiger partial charge in [-0.05, 0) is 42.8 Å². The molecule has 0 unspecified atom stereocenters. The topological polar surface area (TPSA) is 75.9 Å². The van der Waals surface area contributed by atoms with Crippen molar-refractivity contribution in [3.63, 3.8) is 0 Å². The summed E-state index contributed by atoms with van der Waals surface area (Å²) in [5.41, 5.74) is 3.12. The fraction of sp³-hybridized carbons (Fsp3) is 0.227. The lowest BCUT2D eigenvalue weighted by molar-refractivity contribution is -0.117. The lowest BCUT2D eigenvalue weighted by Gasteiger charge is -2.40. The highest BCUT2D eigenvalue weighted by Crippen LogP contribution is 2.39. The van der Waals surface area contributed by atoms with Gasteiger partial charge in [0.05, 0.1) is 30.8 Å². The van der Waals surface area contributed by atoms with E-state index in [-0.39, 0.29) is 23.6 Å². The van der Waals surface area contributed by atoms with E-state index in [2.05, 4.69) is 4.98 Å². The molecule has 1 atom stereocenters. The van der Waals surface area contributed by atoms with Crippen molar-refractivity contribution in [1.29, 1.82) is 0 Å². The molecule has 7 heteroatoms. The minimum absolute atomic E-state index is 0.0669. The van der Waals surface area contributed by atoms with Crippen LogP contribution in [0, 0.1) is 0 Å². The zero-order valence-electron chi connectivity index (χ0n) is 16.5. The van der Waals surface area contributed by atoms with Crippen molar-refractivity contribution < 1.29 is 18.7 Å². The maximum atomic E-state index is 13.1. The number of hydrogen-bond acceptors (Lipinski definition) is 5. The van der Waals surface area contributed by atoms with E-state index < -0.39 is 0 Å². The van der Waals surface area contributed by atoms with Gasteiger partial charge in [0.25, 0.3) is 5.91 Å². The van der Waals surface area contributed by atoms with Gasteiger partial charge in [-0.3, -0.25) is 9.59 Å². The molecule has 29 heavy (non-hydrogen) atoms. The average Bonchev–Trinajstić information content (AvgIpc) is 3.27. The summed E-state index contributed by atoms with van der Waals surface area (Å²) in [5, 5.41) is 0. The predicted molar refractivity (Wildman–Crippen MR) is 109 cm³/mol. The third kappa shape index (κ3) is 3.35. The highest BCUT2D eigenvalue weighted by atomic mass is 16.5. The lowest BCUT2D eigenvalue weighted by atomic mass is 10.0. The summed E-state index contributed by atoms with van der Waals surface area (Å²) in [6.45, 7) is 3.83. The van der Waals surface area contributed by atoms with Crippen molar-refractivity contribution in [3.8, 4) is 17.0 Å². The molecule has 2 amide bonds. The smallest absolute Gasteiger partial charge is 0.294 e. The number of nitrogens with zero attached hydrogens (tertiary/aromatic N) is 3. The van der Waals surface area contributed by atoms with Crippen molar-refractivity contribution >= 4 is 23.2 Å². The molecule has 4 rings (SSSR count). The van der Waals surface area contributed by atoms with E-state index in [4.69, 9.17) is 9.15 Å². The fourth-order valence-corrected chi connectivity index (χ4v) is 3.68. The van der Waals surface area contributed by atoms with Crippen molar-refractivity contribution in [1.82, 2.24) is 4.98 Å². The highest BCUT2D eigenvalue weighted by molar-refractivity contribution is 6.10. The summed E-state index contributed by atoms with van der Waals surface area (Å²) in [7, 11) is 1.57. The van der Waals surface area contributed by atoms with Crippen LogP contribution >= 0.6 is 0 Å². The molecule has 0 N–H and O–H groups in total. The number of furan rings is 1. The normalized spacial score (nSPS) is 15.8. The van der Waals surface area contributed by atoms with Crippen LogP contribution in [0.15, 0.2) is 59.3 Å². The van der Waals surface area contributed by atoms with E-state index in [1.807, 2.05) is 31.2 Å². The third-order valence-electron chi connectivity index (χ3n) is 5.01. The first-order chi connectivity index (χ1) is 14.0. The van der Waals surface area contributed by atoms with E-state index in [0.717, 1.165) is 11.1 Å². The number of fused-ring (bicyclic) bond motifs is 1. The molecule has 0 fully saturated rings. The molecule has 3 aromatic rings. The SMILES string of the molecule is COc1ccc(-c2ccc3c(c2)N(C(=O)c2ccco2)C[C@H](C)N3C(C)=O)cn1. The number of rotatable bonds is 3. The van der Waals surface area contributed by atoms with Crippen LogP contribution in [-0.2, 0) is 4.79 Å². The molecule has 1 aromatic carbocycles. The van der Waals surface area contributed by atoms with Crippen LogP contribution in [0.1, 0.15) is 24.4 Å². The number of hydrogen-bond donors (Lipinski definition) is 0. The van der Waals surface area contributed by atoms with Crippen molar-refractivity contribution in [3.05, 3.63) is 60.7 Å². The quantitative estimate of drug-likeness (QED) is 0.680. The molecule has 148 valence electrons. The van der Waals surface area contributed by atoms with Gasteiger partial charge in [-0.2, -0.15) is 0 Å². The minimum Gasteiger partial charge on any atom is -0.481 e. The van der Waals surface area contributed by atoms with Gasteiger partial charge in [-0.15, -0.1) is 0 Å². The molecular formula is C22H21N3O4. The van der Waals surface area contributed by atoms with Gasteiger partial charge in [-0.25, -0.2) is 4.98 Å². The first-order valence-corrected chi connectivity index (χ1v) is 9.29. The fourth-order valence-electron chi connectivity index (χ4n) is 3.68. The number of carbonyl (C=O) groups is 2. The van der Waals surface area contributed by atoms with Gasteiger partial charge in [0, 0.05) is 31.3 Å². The summed E-state index contributed by atoms with van der Waals surface area (Å²) in [6.07, 6.45) is 3.19. The number of methoxy groups -OCH3 is 1. The van der Waals surface area contributed by atoms with Crippen LogP contribution in [0.25, 0.3) is 11.1 Å². The number of benzene rings is 1. The Morgan fingerprint density at radius 2 is 1.93 bits per heavy atom. The molecule has 0 radical (unpaired) electrons. The molecule has 0 aliphatic carbocycles. The summed E-state index contributed by atoms with van der Waals surface area (Å²) in [5.74, 6) is 0.480. The Bertz CT molecular complexity index is 1040. The van der Waals surface area contributed by atoms with Crippen molar-refractivity contribution in [2.75, 3.05) is 23.5 Å². The monoisotopic (exact) mass is 391 g/mol. The molecule has 0 saturated heterocycles. The maximum Gasteiger partial charge on any atom is 0.294 e. The molecule has 0 saturated carbocycles. The Balaban J connectivity index is 1.82. The third-order valence-corrected chi connectivity index (χ3v) is 5.01. The van der Waals surface area contributed by atoms with Crippen LogP contribution in [0.2, 0.25) is 0 Å². The van der Waals surface area contributed by atoms with E-state index in [1.54, 1.807) is 41.3 Å². The zero-order chi connectivity index (χ0) is 20.5. The number of anilines is 2. The number of carbonyl (C=O) groups excluding carboxylic acids is 2. The van der Waals surface area contributed by atoms with Crippen LogP contribution in [-0.4, -0.2) is 36.5 Å². The Labute approximate surface area is 168 Å². The van der Waals surface area contributed by atoms with E-state index in [0.29, 0.717) is 23.8 Å². The number of amides is 2. The van der Waals surface area contributed by atoms with E-state index in [9.17, 15) is 9.59 Å². The predicted octanol–water partition coefficient (Wildman–Crippen LogP) is 3.75. The summed E-state index contributed by atoms with van der Waals surface area (Å²) >= 11 is 0. The second-order valence-electron chi connectivity index (χ2n) is 6.92. The number of aromatic nitrogens is 1. The molecule has 1 aliphatic rings. The minimum atomic E-state index is -0.240. The Morgan fingerprint density at radius 3 is 2.55 bits per heavy atom. The van der Waals surface area contributed by atoms with Gasteiger partial charge >= 0.3 is 0 Å². The molecule has 0 spiro atoms. The van der Waals surface area contributed by atoms with Crippen molar-refractivity contribution in [2.45, 2.75) is 19.9 Å². The van der Waals surface area contributed by atoms with Crippen LogP contribution in [0.4, 0.5) is 11.4 Å². The first-order valence-electron chi connectivity index (χ1n) is 9.29.